The maximum absolute atomic E-state index is 9.71. The summed E-state index contributed by atoms with van der Waals surface area (Å²) in [5.41, 5.74) is 0. The van der Waals surface area contributed by atoms with Crippen LogP contribution in [0.25, 0.3) is 0 Å². The summed E-state index contributed by atoms with van der Waals surface area (Å²) in [5, 5.41) is 13.6. The maximum atomic E-state index is 9.71. The second-order valence-electron chi connectivity index (χ2n) is 4.72. The molecule has 1 aromatic heterocycles. The van der Waals surface area contributed by atoms with E-state index in [0.29, 0.717) is 18.2 Å². The van der Waals surface area contributed by atoms with E-state index >= 15 is 0 Å². The Morgan fingerprint density at radius 3 is 2.65 bits per heavy atom. The Kier molecular flexibility index (Phi) is 5.98. The number of aliphatic hydroxyl groups is 1. The number of rotatable bonds is 7. The van der Waals surface area contributed by atoms with Gasteiger partial charge in [-0.1, -0.05) is 32.9 Å². The van der Waals surface area contributed by atoms with Crippen molar-refractivity contribution in [3.05, 3.63) is 11.7 Å². The predicted molar refractivity (Wildman–Crippen MR) is 70.0 cm³/mol. The van der Waals surface area contributed by atoms with Crippen molar-refractivity contribution in [1.29, 1.82) is 0 Å². The number of thioether (sulfide) groups is 1. The molecule has 4 nitrogen and oxygen atoms in total. The smallest absolute Gasteiger partial charge is 0.232 e. The molecule has 1 aromatic rings. The van der Waals surface area contributed by atoms with E-state index in [2.05, 4.69) is 24.0 Å². The van der Waals surface area contributed by atoms with Gasteiger partial charge in [-0.15, -0.1) is 0 Å². The average molecular weight is 258 g/mol. The van der Waals surface area contributed by atoms with Crippen LogP contribution in [-0.2, 0) is 5.75 Å². The fourth-order valence-electron chi connectivity index (χ4n) is 1.42. The van der Waals surface area contributed by atoms with Crippen LogP contribution in [0.1, 0.15) is 51.7 Å². The standard InChI is InChI=1S/C12H22N2O2S/c1-5-10(15)9(4)12-13-11(14-16-12)7-17-6-8(2)3/h8-10,15H,5-7H2,1-4H3. The largest absolute Gasteiger partial charge is 0.392 e. The first kappa shape index (κ1) is 14.5. The summed E-state index contributed by atoms with van der Waals surface area (Å²) in [6, 6.07) is 0. The molecule has 0 bridgehead atoms. The molecule has 0 radical (unpaired) electrons. The van der Waals surface area contributed by atoms with Crippen LogP contribution in [0, 0.1) is 5.92 Å². The molecule has 0 saturated heterocycles. The van der Waals surface area contributed by atoms with Gasteiger partial charge in [0.1, 0.15) is 0 Å². The molecule has 2 atom stereocenters. The lowest BCUT2D eigenvalue weighted by molar-refractivity contribution is 0.129. The molecule has 1 heterocycles. The highest BCUT2D eigenvalue weighted by Gasteiger charge is 2.20. The molecule has 0 aromatic carbocycles. The molecule has 17 heavy (non-hydrogen) atoms. The number of hydrogen-bond acceptors (Lipinski definition) is 5. The van der Waals surface area contributed by atoms with Gasteiger partial charge in [-0.25, -0.2) is 0 Å². The fourth-order valence-corrected chi connectivity index (χ4v) is 2.30. The van der Waals surface area contributed by atoms with E-state index in [0.717, 1.165) is 17.3 Å². The lowest BCUT2D eigenvalue weighted by atomic mass is 10.0. The van der Waals surface area contributed by atoms with Gasteiger partial charge < -0.3 is 9.63 Å². The molecule has 0 aliphatic carbocycles. The molecular formula is C12H22N2O2S. The van der Waals surface area contributed by atoms with Crippen molar-refractivity contribution < 1.29 is 9.63 Å². The van der Waals surface area contributed by atoms with Crippen LogP contribution in [0.3, 0.4) is 0 Å². The number of nitrogens with zero attached hydrogens (tertiary/aromatic N) is 2. The number of aromatic nitrogens is 2. The molecule has 5 heteroatoms. The number of aliphatic hydroxyl groups excluding tert-OH is 1. The summed E-state index contributed by atoms with van der Waals surface area (Å²) in [6.45, 7) is 8.23. The van der Waals surface area contributed by atoms with Crippen LogP contribution in [0.15, 0.2) is 4.52 Å². The van der Waals surface area contributed by atoms with Gasteiger partial charge in [0, 0.05) is 0 Å². The molecule has 0 aliphatic rings. The minimum Gasteiger partial charge on any atom is -0.392 e. The maximum Gasteiger partial charge on any atom is 0.232 e. The normalized spacial score (nSPS) is 15.2. The fraction of sp³-hybridized carbons (Fsp3) is 0.833. The summed E-state index contributed by atoms with van der Waals surface area (Å²) in [6.07, 6.45) is 0.285. The van der Waals surface area contributed by atoms with Crippen LogP contribution in [0.5, 0.6) is 0 Å². The Hall–Kier alpha value is -0.550. The van der Waals surface area contributed by atoms with E-state index in [1.807, 2.05) is 13.8 Å². The van der Waals surface area contributed by atoms with E-state index in [1.54, 1.807) is 11.8 Å². The first-order valence-corrected chi connectivity index (χ1v) is 7.28. The zero-order valence-corrected chi connectivity index (χ0v) is 11.8. The van der Waals surface area contributed by atoms with Crippen LogP contribution in [0.4, 0.5) is 0 Å². The van der Waals surface area contributed by atoms with Gasteiger partial charge in [0.15, 0.2) is 5.82 Å². The Labute approximate surface area is 107 Å². The van der Waals surface area contributed by atoms with Gasteiger partial charge in [0.05, 0.1) is 17.8 Å². The molecule has 98 valence electrons. The molecule has 0 aliphatic heterocycles. The summed E-state index contributed by atoms with van der Waals surface area (Å²) in [4.78, 5) is 4.32. The minimum absolute atomic E-state index is 0.0867. The van der Waals surface area contributed by atoms with Crippen LogP contribution in [0.2, 0.25) is 0 Å². The second kappa shape index (κ2) is 7.01. The van der Waals surface area contributed by atoms with E-state index < -0.39 is 6.10 Å². The molecule has 0 saturated carbocycles. The quantitative estimate of drug-likeness (QED) is 0.815. The summed E-state index contributed by atoms with van der Waals surface area (Å²) in [7, 11) is 0. The molecule has 0 amide bonds. The zero-order chi connectivity index (χ0) is 12.8. The van der Waals surface area contributed by atoms with Crippen LogP contribution in [-0.4, -0.2) is 27.1 Å². The Balaban J connectivity index is 2.47. The van der Waals surface area contributed by atoms with Crippen molar-refractivity contribution in [3.63, 3.8) is 0 Å². The summed E-state index contributed by atoms with van der Waals surface area (Å²) >= 11 is 1.81. The molecule has 2 unspecified atom stereocenters. The summed E-state index contributed by atoms with van der Waals surface area (Å²) in [5.74, 6) is 3.72. The van der Waals surface area contributed by atoms with Gasteiger partial charge in [0.2, 0.25) is 5.89 Å². The first-order valence-electron chi connectivity index (χ1n) is 6.12. The van der Waals surface area contributed by atoms with Crippen molar-refractivity contribution in [3.8, 4) is 0 Å². The van der Waals surface area contributed by atoms with E-state index in [-0.39, 0.29) is 5.92 Å². The molecule has 1 rings (SSSR count). The Morgan fingerprint density at radius 1 is 1.35 bits per heavy atom. The van der Waals surface area contributed by atoms with E-state index in [9.17, 15) is 5.11 Å². The van der Waals surface area contributed by atoms with Crippen LogP contribution < -0.4 is 0 Å². The highest BCUT2D eigenvalue weighted by atomic mass is 32.2. The molecule has 0 spiro atoms. The van der Waals surface area contributed by atoms with E-state index in [4.69, 9.17) is 4.52 Å². The lowest BCUT2D eigenvalue weighted by Crippen LogP contribution is -2.14. The third-order valence-corrected chi connectivity index (χ3v) is 3.92. The molecule has 1 N–H and O–H groups in total. The topological polar surface area (TPSA) is 59.2 Å². The second-order valence-corrected chi connectivity index (χ2v) is 5.75. The van der Waals surface area contributed by atoms with Gasteiger partial charge in [-0.05, 0) is 18.1 Å². The van der Waals surface area contributed by atoms with Crippen molar-refractivity contribution in [1.82, 2.24) is 10.1 Å². The minimum atomic E-state index is -0.411. The third kappa shape index (κ3) is 4.68. The van der Waals surface area contributed by atoms with Crippen LogP contribution >= 0.6 is 11.8 Å². The van der Waals surface area contributed by atoms with Gasteiger partial charge in [0.25, 0.3) is 0 Å². The average Bonchev–Trinajstić information content (AvgIpc) is 2.75. The van der Waals surface area contributed by atoms with E-state index in [1.165, 1.54) is 0 Å². The first-order chi connectivity index (χ1) is 8.04. The Morgan fingerprint density at radius 2 is 2.06 bits per heavy atom. The zero-order valence-electron chi connectivity index (χ0n) is 11.0. The molecular weight excluding hydrogens is 236 g/mol. The highest BCUT2D eigenvalue weighted by molar-refractivity contribution is 7.98. The highest BCUT2D eigenvalue weighted by Crippen LogP contribution is 2.20. The van der Waals surface area contributed by atoms with Gasteiger partial charge in [-0.3, -0.25) is 0 Å². The van der Waals surface area contributed by atoms with Gasteiger partial charge >= 0.3 is 0 Å². The number of hydrogen-bond donors (Lipinski definition) is 1. The van der Waals surface area contributed by atoms with Crippen molar-refractivity contribution in [2.45, 2.75) is 51.9 Å². The third-order valence-electron chi connectivity index (χ3n) is 2.55. The lowest BCUT2D eigenvalue weighted by Gasteiger charge is -2.11. The van der Waals surface area contributed by atoms with Crippen molar-refractivity contribution >= 4 is 11.8 Å². The Bertz CT molecular complexity index is 328. The van der Waals surface area contributed by atoms with Crippen molar-refractivity contribution in [2.75, 3.05) is 5.75 Å². The summed E-state index contributed by atoms with van der Waals surface area (Å²) < 4.78 is 5.17. The predicted octanol–water partition coefficient (Wildman–Crippen LogP) is 2.83. The van der Waals surface area contributed by atoms with Crippen molar-refractivity contribution in [2.24, 2.45) is 5.92 Å². The van der Waals surface area contributed by atoms with Gasteiger partial charge in [-0.2, -0.15) is 16.7 Å². The molecule has 0 fully saturated rings. The SMILES string of the molecule is CCC(O)C(C)c1nc(CSCC(C)C)no1. The monoisotopic (exact) mass is 258 g/mol.